The van der Waals surface area contributed by atoms with Crippen molar-refractivity contribution in [2.75, 3.05) is 11.4 Å². The highest BCUT2D eigenvalue weighted by molar-refractivity contribution is 6.02. The smallest absolute Gasteiger partial charge is 0.270 e. The third-order valence-electron chi connectivity index (χ3n) is 6.36. The Bertz CT molecular complexity index is 1020. The Kier molecular flexibility index (Phi) is 5.23. The number of anilines is 1. The molecular weight excluding hydrogens is 409 g/mol. The van der Waals surface area contributed by atoms with E-state index >= 15 is 4.39 Å². The van der Waals surface area contributed by atoms with Gasteiger partial charge in [-0.05, 0) is 51.3 Å². The predicted molar refractivity (Wildman–Crippen MR) is 107 cm³/mol. The van der Waals surface area contributed by atoms with E-state index in [2.05, 4.69) is 15.3 Å². The van der Waals surface area contributed by atoms with Crippen LogP contribution in [0, 0.1) is 24.0 Å². The molecule has 1 N–H and O–H groups in total. The molecule has 4 rings (SSSR count). The number of aromatic nitrogens is 2. The van der Waals surface area contributed by atoms with Crippen molar-refractivity contribution in [2.45, 2.75) is 51.2 Å². The standard InChI is InChI=1S/C22H23F3N4O2/c1-13-26-7-5-18(27-13)19(30)28-16-4-3-6-22(11-16)20(31)29(12-21(22,2)25)17-9-14(23)8-15(24)10-17/h5,7-10,16H,3-4,6,11-12H2,1-2H3,(H,28,30). The first-order valence-corrected chi connectivity index (χ1v) is 10.2. The molecule has 2 fully saturated rings. The Balaban J connectivity index is 1.58. The van der Waals surface area contributed by atoms with Gasteiger partial charge in [0.25, 0.3) is 5.91 Å². The Morgan fingerprint density at radius 2 is 1.97 bits per heavy atom. The molecule has 9 heteroatoms. The first kappa shape index (κ1) is 21.3. The molecule has 3 unspecified atom stereocenters. The summed E-state index contributed by atoms with van der Waals surface area (Å²) in [7, 11) is 0. The number of benzene rings is 1. The summed E-state index contributed by atoms with van der Waals surface area (Å²) in [5.74, 6) is -2.15. The fourth-order valence-corrected chi connectivity index (χ4v) is 4.81. The van der Waals surface area contributed by atoms with Crippen LogP contribution in [0.5, 0.6) is 0 Å². The summed E-state index contributed by atoms with van der Waals surface area (Å²) in [6, 6.07) is 3.81. The lowest BCUT2D eigenvalue weighted by atomic mass is 9.65. The Hall–Kier alpha value is -2.97. The van der Waals surface area contributed by atoms with Crippen LogP contribution in [0.2, 0.25) is 0 Å². The minimum Gasteiger partial charge on any atom is -0.348 e. The summed E-state index contributed by atoms with van der Waals surface area (Å²) in [6.07, 6.45) is 3.00. The van der Waals surface area contributed by atoms with Gasteiger partial charge in [0.05, 0.1) is 12.0 Å². The number of rotatable bonds is 3. The molecule has 0 bridgehead atoms. The van der Waals surface area contributed by atoms with Gasteiger partial charge in [0.15, 0.2) is 0 Å². The van der Waals surface area contributed by atoms with Gasteiger partial charge in [0.1, 0.15) is 28.8 Å². The second-order valence-electron chi connectivity index (χ2n) is 8.55. The highest BCUT2D eigenvalue weighted by Crippen LogP contribution is 2.53. The van der Waals surface area contributed by atoms with Gasteiger partial charge in [-0.15, -0.1) is 0 Å². The number of hydrogen-bond acceptors (Lipinski definition) is 4. The molecule has 2 amide bonds. The minimum absolute atomic E-state index is 0.00845. The maximum absolute atomic E-state index is 15.8. The van der Waals surface area contributed by atoms with E-state index in [-0.39, 0.29) is 24.3 Å². The molecule has 1 aliphatic carbocycles. The molecule has 0 radical (unpaired) electrons. The van der Waals surface area contributed by atoms with Crippen LogP contribution >= 0.6 is 0 Å². The van der Waals surface area contributed by atoms with Crippen LogP contribution in [0.4, 0.5) is 18.9 Å². The van der Waals surface area contributed by atoms with Gasteiger partial charge >= 0.3 is 0 Å². The monoisotopic (exact) mass is 432 g/mol. The highest BCUT2D eigenvalue weighted by Gasteiger charge is 2.63. The fourth-order valence-electron chi connectivity index (χ4n) is 4.81. The number of nitrogens with zero attached hydrogens (tertiary/aromatic N) is 3. The molecule has 1 aromatic carbocycles. The van der Waals surface area contributed by atoms with Crippen LogP contribution in [-0.4, -0.2) is 40.0 Å². The van der Waals surface area contributed by atoms with E-state index < -0.39 is 40.6 Å². The number of alkyl halides is 1. The number of carbonyl (C=O) groups excluding carboxylic acids is 2. The lowest BCUT2D eigenvalue weighted by Crippen LogP contribution is -2.52. The zero-order valence-corrected chi connectivity index (χ0v) is 17.3. The number of aryl methyl sites for hydroxylation is 1. The molecule has 1 aromatic heterocycles. The van der Waals surface area contributed by atoms with Crippen LogP contribution < -0.4 is 10.2 Å². The lowest BCUT2D eigenvalue weighted by molar-refractivity contribution is -0.133. The second kappa shape index (κ2) is 7.62. The topological polar surface area (TPSA) is 75.2 Å². The molecule has 1 spiro atoms. The van der Waals surface area contributed by atoms with Gasteiger partial charge in [0.2, 0.25) is 5.91 Å². The van der Waals surface area contributed by atoms with Gasteiger partial charge < -0.3 is 10.2 Å². The Labute approximate surface area is 177 Å². The molecule has 164 valence electrons. The third-order valence-corrected chi connectivity index (χ3v) is 6.36. The van der Waals surface area contributed by atoms with Crippen LogP contribution in [0.3, 0.4) is 0 Å². The largest absolute Gasteiger partial charge is 0.348 e. The van der Waals surface area contributed by atoms with Gasteiger partial charge in [-0.3, -0.25) is 9.59 Å². The van der Waals surface area contributed by atoms with Crippen LogP contribution in [0.1, 0.15) is 48.9 Å². The summed E-state index contributed by atoms with van der Waals surface area (Å²) in [5.41, 5.74) is -3.12. The molecule has 3 atom stereocenters. The van der Waals surface area contributed by atoms with Crippen molar-refractivity contribution < 1.29 is 22.8 Å². The molecule has 6 nitrogen and oxygen atoms in total. The van der Waals surface area contributed by atoms with Crippen molar-refractivity contribution in [3.05, 3.63) is 53.6 Å². The van der Waals surface area contributed by atoms with Gasteiger partial charge in [-0.1, -0.05) is 6.42 Å². The van der Waals surface area contributed by atoms with Crippen molar-refractivity contribution in [2.24, 2.45) is 5.41 Å². The molecule has 1 saturated carbocycles. The number of carbonyl (C=O) groups is 2. The van der Waals surface area contributed by atoms with Crippen molar-refractivity contribution >= 4 is 17.5 Å². The molecule has 2 heterocycles. The zero-order chi connectivity index (χ0) is 22.4. The van der Waals surface area contributed by atoms with Gasteiger partial charge in [-0.25, -0.2) is 23.1 Å². The van der Waals surface area contributed by atoms with Crippen LogP contribution in [0.25, 0.3) is 0 Å². The first-order valence-electron chi connectivity index (χ1n) is 10.2. The highest BCUT2D eigenvalue weighted by atomic mass is 19.1. The van der Waals surface area contributed by atoms with E-state index in [1.54, 1.807) is 6.92 Å². The minimum atomic E-state index is -1.93. The number of halogens is 3. The van der Waals surface area contributed by atoms with Crippen molar-refractivity contribution in [3.8, 4) is 0 Å². The van der Waals surface area contributed by atoms with Crippen LogP contribution in [0.15, 0.2) is 30.5 Å². The fraction of sp³-hybridized carbons (Fsp3) is 0.455. The summed E-state index contributed by atoms with van der Waals surface area (Å²) < 4.78 is 43.2. The third kappa shape index (κ3) is 3.77. The van der Waals surface area contributed by atoms with E-state index in [0.717, 1.165) is 17.0 Å². The second-order valence-corrected chi connectivity index (χ2v) is 8.55. The van der Waals surface area contributed by atoms with Crippen molar-refractivity contribution in [1.29, 1.82) is 0 Å². The average molecular weight is 432 g/mol. The number of amides is 2. The Morgan fingerprint density at radius 3 is 2.65 bits per heavy atom. The van der Waals surface area contributed by atoms with Gasteiger partial charge in [-0.2, -0.15) is 0 Å². The molecule has 2 aliphatic rings. The maximum atomic E-state index is 15.8. The van der Waals surface area contributed by atoms with Crippen molar-refractivity contribution in [1.82, 2.24) is 15.3 Å². The molecule has 31 heavy (non-hydrogen) atoms. The summed E-state index contributed by atoms with van der Waals surface area (Å²) in [5, 5.41) is 2.86. The molecular formula is C22H23F3N4O2. The molecule has 1 aliphatic heterocycles. The molecule has 2 aromatic rings. The summed E-state index contributed by atoms with van der Waals surface area (Å²) in [6.45, 7) is 2.71. The average Bonchev–Trinajstić information content (AvgIpc) is 2.88. The SMILES string of the molecule is Cc1nccc(C(=O)NC2CCCC3(C2)C(=O)N(c2cc(F)cc(F)c2)CC3(C)F)n1. The van der Waals surface area contributed by atoms with E-state index in [9.17, 15) is 18.4 Å². The van der Waals surface area contributed by atoms with E-state index in [4.69, 9.17) is 0 Å². The summed E-state index contributed by atoms with van der Waals surface area (Å²) >= 11 is 0. The maximum Gasteiger partial charge on any atom is 0.270 e. The first-order chi connectivity index (χ1) is 14.6. The van der Waals surface area contributed by atoms with Gasteiger partial charge in [0, 0.05) is 24.0 Å². The van der Waals surface area contributed by atoms with E-state index in [1.165, 1.54) is 19.2 Å². The van der Waals surface area contributed by atoms with E-state index in [1.807, 2.05) is 0 Å². The van der Waals surface area contributed by atoms with E-state index in [0.29, 0.717) is 31.2 Å². The quantitative estimate of drug-likeness (QED) is 0.806. The number of nitrogens with one attached hydrogen (secondary N) is 1. The molecule has 1 saturated heterocycles. The van der Waals surface area contributed by atoms with Crippen molar-refractivity contribution in [3.63, 3.8) is 0 Å². The number of hydrogen-bond donors (Lipinski definition) is 1. The Morgan fingerprint density at radius 1 is 1.26 bits per heavy atom. The lowest BCUT2D eigenvalue weighted by Gasteiger charge is -2.41. The zero-order valence-electron chi connectivity index (χ0n) is 17.3. The summed E-state index contributed by atoms with van der Waals surface area (Å²) in [4.78, 5) is 35.1. The van der Waals surface area contributed by atoms with Crippen LogP contribution in [-0.2, 0) is 4.79 Å². The normalized spacial score (nSPS) is 28.2. The predicted octanol–water partition coefficient (Wildman–Crippen LogP) is 3.50.